The predicted molar refractivity (Wildman–Crippen MR) is 65.6 cm³/mol. The Morgan fingerprint density at radius 1 is 1.62 bits per heavy atom. The van der Waals surface area contributed by atoms with E-state index in [0.29, 0.717) is 6.04 Å². The Hall–Kier alpha value is -1.35. The minimum absolute atomic E-state index is 0.000647. The Morgan fingerprint density at radius 3 is 3.19 bits per heavy atom. The smallest absolute Gasteiger partial charge is 0.248 e. The zero-order valence-electron chi connectivity index (χ0n) is 9.68. The van der Waals surface area contributed by atoms with Crippen molar-refractivity contribution in [2.75, 3.05) is 6.54 Å². The molecule has 0 saturated carbocycles. The molecule has 0 radical (unpaired) electrons. The number of rotatable bonds is 3. The van der Waals surface area contributed by atoms with E-state index >= 15 is 0 Å². The molecule has 16 heavy (non-hydrogen) atoms. The second kappa shape index (κ2) is 4.66. The first-order chi connectivity index (χ1) is 7.66. The Balaban J connectivity index is 2.19. The maximum Gasteiger partial charge on any atom is 0.248 e. The van der Waals surface area contributed by atoms with Crippen LogP contribution in [0.15, 0.2) is 29.1 Å². The molecule has 1 aromatic heterocycles. The van der Waals surface area contributed by atoms with Crippen molar-refractivity contribution in [3.63, 3.8) is 0 Å². The van der Waals surface area contributed by atoms with E-state index in [9.17, 15) is 4.79 Å². The molecule has 3 heteroatoms. The van der Waals surface area contributed by atoms with E-state index in [1.54, 1.807) is 6.07 Å². The van der Waals surface area contributed by atoms with E-state index in [4.69, 9.17) is 0 Å². The molecule has 2 rings (SSSR count). The first kappa shape index (κ1) is 11.1. The summed E-state index contributed by atoms with van der Waals surface area (Å²) in [5.74, 6) is 0. The first-order valence-electron chi connectivity index (χ1n) is 5.76. The molecule has 0 spiro atoms. The lowest BCUT2D eigenvalue weighted by molar-refractivity contribution is 0.470. The van der Waals surface area contributed by atoms with Crippen LogP contribution in [0, 0.1) is 0 Å². The van der Waals surface area contributed by atoms with Gasteiger partial charge in [0, 0.05) is 24.3 Å². The number of aryl methyl sites for hydroxylation is 1. The Morgan fingerprint density at radius 2 is 2.44 bits per heavy atom. The molecular formula is C13H18N2O. The Bertz CT molecular complexity index is 447. The fourth-order valence-electron chi connectivity index (χ4n) is 2.21. The van der Waals surface area contributed by atoms with Gasteiger partial charge in [-0.3, -0.25) is 4.79 Å². The second-order valence-corrected chi connectivity index (χ2v) is 4.54. The van der Waals surface area contributed by atoms with Gasteiger partial charge in [0.1, 0.15) is 0 Å². The topological polar surface area (TPSA) is 44.9 Å². The van der Waals surface area contributed by atoms with E-state index in [2.05, 4.69) is 16.9 Å². The highest BCUT2D eigenvalue weighted by Gasteiger charge is 2.19. The van der Waals surface area contributed by atoms with Crippen LogP contribution in [0.25, 0.3) is 0 Å². The molecule has 1 aliphatic carbocycles. The molecule has 3 nitrogen and oxygen atoms in total. The van der Waals surface area contributed by atoms with Gasteiger partial charge in [-0.2, -0.15) is 0 Å². The molecule has 1 aliphatic rings. The molecule has 0 aliphatic heterocycles. The van der Waals surface area contributed by atoms with Crippen LogP contribution in [0.4, 0.5) is 0 Å². The SMILES string of the molecule is C=C(C)CNC1CCCc2[nH]c(=O)ccc21. The van der Waals surface area contributed by atoms with Crippen molar-refractivity contribution < 1.29 is 0 Å². The normalized spacial score (nSPS) is 19.2. The molecule has 0 amide bonds. The largest absolute Gasteiger partial charge is 0.326 e. The maximum absolute atomic E-state index is 11.2. The average molecular weight is 218 g/mol. The first-order valence-corrected chi connectivity index (χ1v) is 5.76. The Kier molecular flexibility index (Phi) is 3.25. The van der Waals surface area contributed by atoms with Crippen molar-refractivity contribution in [3.05, 3.63) is 45.9 Å². The van der Waals surface area contributed by atoms with Gasteiger partial charge in [-0.25, -0.2) is 0 Å². The van der Waals surface area contributed by atoms with E-state index in [-0.39, 0.29) is 5.56 Å². The third-order valence-corrected chi connectivity index (χ3v) is 2.98. The molecule has 0 bridgehead atoms. The molecule has 1 heterocycles. The van der Waals surface area contributed by atoms with Crippen LogP contribution in [0.1, 0.15) is 37.1 Å². The lowest BCUT2D eigenvalue weighted by Gasteiger charge is -2.26. The van der Waals surface area contributed by atoms with E-state index in [1.165, 1.54) is 5.56 Å². The highest BCUT2D eigenvalue weighted by atomic mass is 16.1. The van der Waals surface area contributed by atoms with E-state index < -0.39 is 0 Å². The van der Waals surface area contributed by atoms with Crippen molar-refractivity contribution in [1.82, 2.24) is 10.3 Å². The third kappa shape index (κ3) is 2.42. The zero-order valence-corrected chi connectivity index (χ0v) is 9.68. The van der Waals surface area contributed by atoms with Crippen LogP contribution in [-0.2, 0) is 6.42 Å². The average Bonchev–Trinajstić information content (AvgIpc) is 2.25. The zero-order chi connectivity index (χ0) is 11.5. The van der Waals surface area contributed by atoms with Crippen molar-refractivity contribution >= 4 is 0 Å². The molecular weight excluding hydrogens is 200 g/mol. The number of hydrogen-bond acceptors (Lipinski definition) is 2. The van der Waals surface area contributed by atoms with Gasteiger partial charge in [0.2, 0.25) is 5.56 Å². The van der Waals surface area contributed by atoms with Crippen LogP contribution < -0.4 is 10.9 Å². The molecule has 0 aromatic carbocycles. The summed E-state index contributed by atoms with van der Waals surface area (Å²) in [6.07, 6.45) is 3.24. The summed E-state index contributed by atoms with van der Waals surface area (Å²) in [5.41, 5.74) is 3.47. The number of aromatic amines is 1. The number of aromatic nitrogens is 1. The maximum atomic E-state index is 11.2. The summed E-state index contributed by atoms with van der Waals surface area (Å²) in [6, 6.07) is 3.92. The minimum atomic E-state index is -0.000647. The molecule has 86 valence electrons. The van der Waals surface area contributed by atoms with Gasteiger partial charge >= 0.3 is 0 Å². The summed E-state index contributed by atoms with van der Waals surface area (Å²) < 4.78 is 0. The number of fused-ring (bicyclic) bond motifs is 1. The van der Waals surface area contributed by atoms with Gasteiger partial charge in [0.25, 0.3) is 0 Å². The summed E-state index contributed by atoms with van der Waals surface area (Å²) in [6.45, 7) is 6.74. The molecule has 0 fully saturated rings. The number of H-pyrrole nitrogens is 1. The fourth-order valence-corrected chi connectivity index (χ4v) is 2.21. The quantitative estimate of drug-likeness (QED) is 0.761. The number of nitrogens with one attached hydrogen (secondary N) is 2. The van der Waals surface area contributed by atoms with Crippen molar-refractivity contribution in [2.24, 2.45) is 0 Å². The van der Waals surface area contributed by atoms with Gasteiger partial charge in [-0.1, -0.05) is 18.2 Å². The monoisotopic (exact) mass is 218 g/mol. The Labute approximate surface area is 95.6 Å². The molecule has 1 unspecified atom stereocenters. The van der Waals surface area contributed by atoms with Crippen molar-refractivity contribution in [2.45, 2.75) is 32.2 Å². The van der Waals surface area contributed by atoms with Crippen LogP contribution in [-0.4, -0.2) is 11.5 Å². The highest BCUT2D eigenvalue weighted by Crippen LogP contribution is 2.27. The summed E-state index contributed by atoms with van der Waals surface area (Å²) in [7, 11) is 0. The molecule has 1 atom stereocenters. The van der Waals surface area contributed by atoms with Gasteiger partial charge in [-0.05, 0) is 31.7 Å². The fraction of sp³-hybridized carbons (Fsp3) is 0.462. The second-order valence-electron chi connectivity index (χ2n) is 4.54. The lowest BCUT2D eigenvalue weighted by atomic mass is 9.91. The van der Waals surface area contributed by atoms with Crippen molar-refractivity contribution in [3.8, 4) is 0 Å². The predicted octanol–water partition coefficient (Wildman–Crippen LogP) is 1.92. The van der Waals surface area contributed by atoms with Crippen LogP contribution in [0.2, 0.25) is 0 Å². The molecule has 2 N–H and O–H groups in total. The van der Waals surface area contributed by atoms with E-state index in [0.717, 1.165) is 37.1 Å². The molecule has 0 saturated heterocycles. The summed E-state index contributed by atoms with van der Waals surface area (Å²) >= 11 is 0. The lowest BCUT2D eigenvalue weighted by Crippen LogP contribution is -2.28. The minimum Gasteiger partial charge on any atom is -0.326 e. The molecule has 1 aromatic rings. The summed E-state index contributed by atoms with van der Waals surface area (Å²) in [5, 5.41) is 3.48. The van der Waals surface area contributed by atoms with Crippen LogP contribution >= 0.6 is 0 Å². The van der Waals surface area contributed by atoms with Gasteiger partial charge in [-0.15, -0.1) is 0 Å². The van der Waals surface area contributed by atoms with Crippen LogP contribution in [0.3, 0.4) is 0 Å². The summed E-state index contributed by atoms with van der Waals surface area (Å²) in [4.78, 5) is 14.2. The number of pyridine rings is 1. The van der Waals surface area contributed by atoms with E-state index in [1.807, 2.05) is 13.0 Å². The standard InChI is InChI=1S/C13H18N2O/c1-9(2)8-14-11-4-3-5-12-10(11)6-7-13(16)15-12/h6-7,11,14H,1,3-5,8H2,2H3,(H,15,16). The van der Waals surface area contributed by atoms with Crippen molar-refractivity contribution in [1.29, 1.82) is 0 Å². The highest BCUT2D eigenvalue weighted by molar-refractivity contribution is 5.26. The third-order valence-electron chi connectivity index (χ3n) is 2.98. The van der Waals surface area contributed by atoms with Crippen LogP contribution in [0.5, 0.6) is 0 Å². The number of hydrogen-bond donors (Lipinski definition) is 2. The van der Waals surface area contributed by atoms with Gasteiger partial charge < -0.3 is 10.3 Å². The van der Waals surface area contributed by atoms with Gasteiger partial charge in [0.15, 0.2) is 0 Å². The van der Waals surface area contributed by atoms with Gasteiger partial charge in [0.05, 0.1) is 0 Å².